The molecule has 0 bridgehead atoms. The number of hydrogen-bond donors (Lipinski definition) is 4. The van der Waals surface area contributed by atoms with Crippen LogP contribution in [0.5, 0.6) is 5.75 Å². The quantitative estimate of drug-likeness (QED) is 0.517. The zero-order chi connectivity index (χ0) is 12.0. The largest absolute Gasteiger partial charge is 0.492 e. The number of hydrogen-bond acceptors (Lipinski definition) is 5. The summed E-state index contributed by atoms with van der Waals surface area (Å²) in [5.41, 5.74) is 11.6. The number of aliphatic hydroxyl groups is 2. The molecule has 0 aliphatic carbocycles. The fourth-order valence-electron chi connectivity index (χ4n) is 1.18. The number of nitrogens with two attached hydrogens (primary N) is 2. The summed E-state index contributed by atoms with van der Waals surface area (Å²) in [6.45, 7) is 0.342. The Morgan fingerprint density at radius 3 is 2.38 bits per heavy atom. The van der Waals surface area contributed by atoms with E-state index in [-0.39, 0.29) is 25.8 Å². The molecular formula is C11H18N2O3. The minimum atomic E-state index is -0.645. The second kappa shape index (κ2) is 6.44. The SMILES string of the molecule is NC[C@@H](O)c1ccc(OC[C@@H](N)CO)cc1. The summed E-state index contributed by atoms with van der Waals surface area (Å²) in [4.78, 5) is 0. The van der Waals surface area contributed by atoms with E-state index in [1.54, 1.807) is 24.3 Å². The van der Waals surface area contributed by atoms with Crippen molar-refractivity contribution in [3.8, 4) is 5.75 Å². The normalized spacial score (nSPS) is 14.5. The van der Waals surface area contributed by atoms with E-state index in [0.717, 1.165) is 5.56 Å². The highest BCUT2D eigenvalue weighted by molar-refractivity contribution is 5.28. The lowest BCUT2D eigenvalue weighted by atomic mass is 10.1. The van der Waals surface area contributed by atoms with E-state index in [2.05, 4.69) is 0 Å². The highest BCUT2D eigenvalue weighted by atomic mass is 16.5. The molecule has 0 fully saturated rings. The van der Waals surface area contributed by atoms with Crippen molar-refractivity contribution in [3.63, 3.8) is 0 Å². The number of ether oxygens (including phenoxy) is 1. The van der Waals surface area contributed by atoms with Gasteiger partial charge < -0.3 is 26.4 Å². The highest BCUT2D eigenvalue weighted by Crippen LogP contribution is 2.17. The second-order valence-corrected chi connectivity index (χ2v) is 3.57. The zero-order valence-electron chi connectivity index (χ0n) is 9.04. The Kier molecular flexibility index (Phi) is 5.21. The molecule has 5 nitrogen and oxygen atoms in total. The lowest BCUT2D eigenvalue weighted by Crippen LogP contribution is -2.31. The van der Waals surface area contributed by atoms with Crippen molar-refractivity contribution in [1.29, 1.82) is 0 Å². The van der Waals surface area contributed by atoms with Crippen LogP contribution in [0.15, 0.2) is 24.3 Å². The van der Waals surface area contributed by atoms with Gasteiger partial charge in [-0.2, -0.15) is 0 Å². The van der Waals surface area contributed by atoms with E-state index in [0.29, 0.717) is 5.75 Å². The molecule has 0 radical (unpaired) electrons. The minimum absolute atomic E-state index is 0.107. The first-order valence-electron chi connectivity index (χ1n) is 5.14. The van der Waals surface area contributed by atoms with Crippen molar-refractivity contribution >= 4 is 0 Å². The van der Waals surface area contributed by atoms with Crippen LogP contribution in [0, 0.1) is 0 Å². The highest BCUT2D eigenvalue weighted by Gasteiger charge is 2.05. The molecule has 1 rings (SSSR count). The third-order valence-corrected chi connectivity index (χ3v) is 2.19. The smallest absolute Gasteiger partial charge is 0.119 e. The van der Waals surface area contributed by atoms with Gasteiger partial charge in [-0.15, -0.1) is 0 Å². The first kappa shape index (κ1) is 12.9. The molecule has 5 heteroatoms. The van der Waals surface area contributed by atoms with Crippen LogP contribution < -0.4 is 16.2 Å². The van der Waals surface area contributed by atoms with Crippen LogP contribution in [0.2, 0.25) is 0 Å². The van der Waals surface area contributed by atoms with Crippen LogP contribution in [0.3, 0.4) is 0 Å². The predicted octanol–water partition coefficient (Wildman–Crippen LogP) is -0.623. The molecule has 2 atom stereocenters. The predicted molar refractivity (Wildman–Crippen MR) is 61.0 cm³/mol. The van der Waals surface area contributed by atoms with Crippen molar-refractivity contribution < 1.29 is 14.9 Å². The summed E-state index contributed by atoms with van der Waals surface area (Å²) in [6.07, 6.45) is -0.645. The molecule has 0 spiro atoms. The molecule has 0 unspecified atom stereocenters. The third kappa shape index (κ3) is 3.79. The Labute approximate surface area is 94.6 Å². The van der Waals surface area contributed by atoms with Crippen LogP contribution >= 0.6 is 0 Å². The monoisotopic (exact) mass is 226 g/mol. The van der Waals surface area contributed by atoms with Crippen molar-refractivity contribution in [2.45, 2.75) is 12.1 Å². The van der Waals surface area contributed by atoms with Gasteiger partial charge in [0, 0.05) is 6.54 Å². The average Bonchev–Trinajstić information content (AvgIpc) is 2.35. The number of aliphatic hydroxyl groups excluding tert-OH is 2. The number of benzene rings is 1. The van der Waals surface area contributed by atoms with Gasteiger partial charge >= 0.3 is 0 Å². The number of rotatable bonds is 6. The van der Waals surface area contributed by atoms with Gasteiger partial charge in [-0.1, -0.05) is 12.1 Å². The summed E-state index contributed by atoms with van der Waals surface area (Å²) in [7, 11) is 0. The molecule has 6 N–H and O–H groups in total. The molecule has 0 amide bonds. The molecule has 90 valence electrons. The van der Waals surface area contributed by atoms with Gasteiger partial charge in [0.05, 0.1) is 18.8 Å². The Balaban J connectivity index is 2.51. The Morgan fingerprint density at radius 2 is 1.88 bits per heavy atom. The summed E-state index contributed by atoms with van der Waals surface area (Å²) in [5.74, 6) is 0.650. The molecule has 0 heterocycles. The maximum atomic E-state index is 9.46. The van der Waals surface area contributed by atoms with Gasteiger partial charge in [-0.05, 0) is 17.7 Å². The standard InChI is InChI=1S/C11H18N2O3/c12-5-11(15)8-1-3-10(4-2-8)16-7-9(13)6-14/h1-4,9,11,14-15H,5-7,12-13H2/t9-,11+/m0/s1. The summed E-state index contributed by atoms with van der Waals surface area (Å²) in [5, 5.41) is 18.2. The fraction of sp³-hybridized carbons (Fsp3) is 0.455. The third-order valence-electron chi connectivity index (χ3n) is 2.19. The van der Waals surface area contributed by atoms with E-state index >= 15 is 0 Å². The van der Waals surface area contributed by atoms with E-state index < -0.39 is 6.10 Å². The molecule has 1 aromatic carbocycles. The van der Waals surface area contributed by atoms with E-state index in [1.165, 1.54) is 0 Å². The van der Waals surface area contributed by atoms with E-state index in [9.17, 15) is 5.11 Å². The minimum Gasteiger partial charge on any atom is -0.492 e. The molecule has 0 saturated heterocycles. The molecule has 0 aliphatic heterocycles. The fourth-order valence-corrected chi connectivity index (χ4v) is 1.18. The van der Waals surface area contributed by atoms with Crippen LogP contribution in [-0.4, -0.2) is 36.0 Å². The zero-order valence-corrected chi connectivity index (χ0v) is 9.04. The van der Waals surface area contributed by atoms with Gasteiger partial charge in [0.1, 0.15) is 12.4 Å². The van der Waals surface area contributed by atoms with Gasteiger partial charge in [-0.3, -0.25) is 0 Å². The van der Waals surface area contributed by atoms with E-state index in [1.807, 2.05) is 0 Å². The van der Waals surface area contributed by atoms with Gasteiger partial charge in [0.25, 0.3) is 0 Å². The molecule has 0 aliphatic rings. The van der Waals surface area contributed by atoms with Gasteiger partial charge in [-0.25, -0.2) is 0 Å². The molecule has 16 heavy (non-hydrogen) atoms. The van der Waals surface area contributed by atoms with Crippen LogP contribution in [0.4, 0.5) is 0 Å². The molecule has 0 saturated carbocycles. The van der Waals surface area contributed by atoms with E-state index in [4.69, 9.17) is 21.3 Å². The van der Waals surface area contributed by atoms with Gasteiger partial charge in [0.2, 0.25) is 0 Å². The lowest BCUT2D eigenvalue weighted by Gasteiger charge is -2.12. The van der Waals surface area contributed by atoms with Crippen LogP contribution in [-0.2, 0) is 0 Å². The second-order valence-electron chi connectivity index (χ2n) is 3.57. The molecule has 0 aromatic heterocycles. The Morgan fingerprint density at radius 1 is 1.25 bits per heavy atom. The maximum Gasteiger partial charge on any atom is 0.119 e. The lowest BCUT2D eigenvalue weighted by molar-refractivity contribution is 0.186. The van der Waals surface area contributed by atoms with Crippen LogP contribution in [0.25, 0.3) is 0 Å². The Bertz CT molecular complexity index is 303. The summed E-state index contributed by atoms with van der Waals surface area (Å²) in [6, 6.07) is 6.58. The summed E-state index contributed by atoms with van der Waals surface area (Å²) < 4.78 is 5.33. The van der Waals surface area contributed by atoms with Crippen molar-refractivity contribution in [2.24, 2.45) is 11.5 Å². The first-order chi connectivity index (χ1) is 7.67. The summed E-state index contributed by atoms with van der Waals surface area (Å²) >= 11 is 0. The average molecular weight is 226 g/mol. The van der Waals surface area contributed by atoms with Crippen molar-refractivity contribution in [2.75, 3.05) is 19.8 Å². The van der Waals surface area contributed by atoms with Crippen molar-refractivity contribution in [3.05, 3.63) is 29.8 Å². The van der Waals surface area contributed by atoms with Crippen molar-refractivity contribution in [1.82, 2.24) is 0 Å². The van der Waals surface area contributed by atoms with Crippen LogP contribution in [0.1, 0.15) is 11.7 Å². The maximum absolute atomic E-state index is 9.46. The topological polar surface area (TPSA) is 102 Å². The molecular weight excluding hydrogens is 208 g/mol. The molecule has 1 aromatic rings. The Hall–Kier alpha value is -1.14. The van der Waals surface area contributed by atoms with Gasteiger partial charge in [0.15, 0.2) is 0 Å². The first-order valence-corrected chi connectivity index (χ1v) is 5.14.